The van der Waals surface area contributed by atoms with Gasteiger partial charge >= 0.3 is 5.97 Å². The minimum absolute atomic E-state index is 0.0542. The molecule has 0 unspecified atom stereocenters. The average molecular weight is 293 g/mol. The van der Waals surface area contributed by atoms with E-state index in [0.717, 1.165) is 18.5 Å². The monoisotopic (exact) mass is 293 g/mol. The maximum absolute atomic E-state index is 11.7. The molecule has 116 valence electrons. The summed E-state index contributed by atoms with van der Waals surface area (Å²) < 4.78 is 6.57. The number of aromatic nitrogens is 2. The number of esters is 1. The molecule has 6 nitrogen and oxygen atoms in total. The van der Waals surface area contributed by atoms with Crippen LogP contribution in [0, 0.1) is 0 Å². The van der Waals surface area contributed by atoms with Gasteiger partial charge < -0.3 is 9.64 Å². The van der Waals surface area contributed by atoms with Crippen molar-refractivity contribution in [2.75, 3.05) is 20.2 Å². The van der Waals surface area contributed by atoms with Crippen LogP contribution in [0.25, 0.3) is 0 Å². The molecule has 0 bridgehead atoms. The van der Waals surface area contributed by atoms with E-state index in [0.29, 0.717) is 12.5 Å². The maximum atomic E-state index is 11.7. The Bertz CT molecular complexity index is 494. The Kier molecular flexibility index (Phi) is 5.36. The lowest BCUT2D eigenvalue weighted by Gasteiger charge is -2.16. The molecule has 6 heteroatoms. The number of carbonyl (C=O) groups excluding carboxylic acids is 2. The second-order valence-corrected chi connectivity index (χ2v) is 5.54. The van der Waals surface area contributed by atoms with Crippen LogP contribution < -0.4 is 0 Å². The number of ether oxygens (including phenoxy) is 1. The van der Waals surface area contributed by atoms with Crippen LogP contribution in [0.3, 0.4) is 0 Å². The van der Waals surface area contributed by atoms with E-state index >= 15 is 0 Å². The van der Waals surface area contributed by atoms with E-state index in [4.69, 9.17) is 4.74 Å². The van der Waals surface area contributed by atoms with Crippen molar-refractivity contribution in [3.05, 3.63) is 18.0 Å². The molecule has 0 aromatic carbocycles. The van der Waals surface area contributed by atoms with E-state index in [1.165, 1.54) is 12.8 Å². The standard InChI is InChI=1S/C15H23N3O3/c1-3-4-8-17(2)14(19)11-21-15(20)10-18-9-7-13(16-18)12-5-6-12/h7,9,12H,3-6,8,10-11H2,1-2H3. The molecule has 1 aliphatic carbocycles. The van der Waals surface area contributed by atoms with Gasteiger partial charge in [0.05, 0.1) is 5.69 Å². The summed E-state index contributed by atoms with van der Waals surface area (Å²) in [5.74, 6) is -0.0373. The molecule has 1 aromatic rings. The minimum Gasteiger partial charge on any atom is -0.454 e. The summed E-state index contributed by atoms with van der Waals surface area (Å²) in [6, 6.07) is 1.94. The highest BCUT2D eigenvalue weighted by molar-refractivity contribution is 5.80. The molecule has 1 aliphatic rings. The van der Waals surface area contributed by atoms with Gasteiger partial charge in [0.15, 0.2) is 6.61 Å². The zero-order chi connectivity index (χ0) is 15.2. The van der Waals surface area contributed by atoms with Gasteiger partial charge in [0.25, 0.3) is 5.91 Å². The molecular weight excluding hydrogens is 270 g/mol. The molecule has 0 radical (unpaired) electrons. The van der Waals surface area contributed by atoms with Crippen LogP contribution in [-0.4, -0.2) is 46.8 Å². The molecule has 1 saturated carbocycles. The predicted molar refractivity (Wildman–Crippen MR) is 77.7 cm³/mol. The third-order valence-electron chi connectivity index (χ3n) is 3.58. The van der Waals surface area contributed by atoms with E-state index in [1.807, 2.05) is 6.07 Å². The molecular formula is C15H23N3O3. The third-order valence-corrected chi connectivity index (χ3v) is 3.58. The molecule has 1 amide bonds. The average Bonchev–Trinajstić information content (AvgIpc) is 3.22. The number of likely N-dealkylation sites (N-methyl/N-ethyl adjacent to an activating group) is 1. The molecule has 0 aliphatic heterocycles. The Hall–Kier alpha value is -1.85. The molecule has 0 saturated heterocycles. The number of unbranched alkanes of at least 4 members (excludes halogenated alkanes) is 1. The normalized spacial score (nSPS) is 14.0. The van der Waals surface area contributed by atoms with Crippen molar-refractivity contribution in [2.45, 2.75) is 45.1 Å². The quantitative estimate of drug-likeness (QED) is 0.682. The van der Waals surface area contributed by atoms with E-state index < -0.39 is 5.97 Å². The van der Waals surface area contributed by atoms with Crippen LogP contribution in [0.4, 0.5) is 0 Å². The molecule has 21 heavy (non-hydrogen) atoms. The first kappa shape index (κ1) is 15.5. The maximum Gasteiger partial charge on any atom is 0.328 e. The summed E-state index contributed by atoms with van der Waals surface area (Å²) in [5.41, 5.74) is 1.04. The second-order valence-electron chi connectivity index (χ2n) is 5.54. The molecule has 1 heterocycles. The summed E-state index contributed by atoms with van der Waals surface area (Å²) in [6.07, 6.45) is 6.12. The van der Waals surface area contributed by atoms with E-state index in [1.54, 1.807) is 22.8 Å². The van der Waals surface area contributed by atoms with Gasteiger partial charge in [-0.1, -0.05) is 13.3 Å². The highest BCUT2D eigenvalue weighted by Gasteiger charge is 2.26. The highest BCUT2D eigenvalue weighted by atomic mass is 16.5. The molecule has 1 fully saturated rings. The Morgan fingerprint density at radius 1 is 1.48 bits per heavy atom. The minimum atomic E-state index is -0.433. The van der Waals surface area contributed by atoms with Crippen molar-refractivity contribution in [2.24, 2.45) is 0 Å². The Balaban J connectivity index is 1.69. The Labute approximate surface area is 125 Å². The van der Waals surface area contributed by atoms with Crippen molar-refractivity contribution in [3.8, 4) is 0 Å². The zero-order valence-corrected chi connectivity index (χ0v) is 12.7. The van der Waals surface area contributed by atoms with Crippen LogP contribution in [0.2, 0.25) is 0 Å². The van der Waals surface area contributed by atoms with Crippen molar-refractivity contribution >= 4 is 11.9 Å². The lowest BCUT2D eigenvalue weighted by molar-refractivity contribution is -0.152. The molecule has 0 spiro atoms. The smallest absolute Gasteiger partial charge is 0.328 e. The summed E-state index contributed by atoms with van der Waals surface area (Å²) >= 11 is 0. The summed E-state index contributed by atoms with van der Waals surface area (Å²) in [4.78, 5) is 25.0. The first-order chi connectivity index (χ1) is 10.1. The number of hydrogen-bond donors (Lipinski definition) is 0. The van der Waals surface area contributed by atoms with E-state index in [9.17, 15) is 9.59 Å². The fourth-order valence-electron chi connectivity index (χ4n) is 2.01. The van der Waals surface area contributed by atoms with Gasteiger partial charge in [-0.3, -0.25) is 14.3 Å². The van der Waals surface area contributed by atoms with Crippen LogP contribution in [0.15, 0.2) is 12.3 Å². The van der Waals surface area contributed by atoms with Gasteiger partial charge in [-0.25, -0.2) is 0 Å². The zero-order valence-electron chi connectivity index (χ0n) is 12.7. The number of carbonyl (C=O) groups is 2. The van der Waals surface area contributed by atoms with Gasteiger partial charge in [-0.2, -0.15) is 5.10 Å². The first-order valence-corrected chi connectivity index (χ1v) is 7.53. The summed E-state index contributed by atoms with van der Waals surface area (Å²) in [7, 11) is 1.72. The van der Waals surface area contributed by atoms with Crippen molar-refractivity contribution < 1.29 is 14.3 Å². The number of rotatable bonds is 8. The SMILES string of the molecule is CCCCN(C)C(=O)COC(=O)Cn1ccc(C2CC2)n1. The molecule has 0 atom stereocenters. The number of hydrogen-bond acceptors (Lipinski definition) is 4. The van der Waals surface area contributed by atoms with Crippen LogP contribution >= 0.6 is 0 Å². The van der Waals surface area contributed by atoms with Crippen LogP contribution in [-0.2, 0) is 20.9 Å². The predicted octanol–water partition coefficient (Wildman–Crippen LogP) is 1.56. The summed E-state index contributed by atoms with van der Waals surface area (Å²) in [5, 5.41) is 4.34. The lowest BCUT2D eigenvalue weighted by Crippen LogP contribution is -2.32. The van der Waals surface area contributed by atoms with Gasteiger partial charge in [0, 0.05) is 25.7 Å². The topological polar surface area (TPSA) is 64.4 Å². The van der Waals surface area contributed by atoms with Crippen LogP contribution in [0.1, 0.15) is 44.2 Å². The van der Waals surface area contributed by atoms with Gasteiger partial charge in [0.1, 0.15) is 6.54 Å². The van der Waals surface area contributed by atoms with Gasteiger partial charge in [-0.05, 0) is 25.3 Å². The van der Waals surface area contributed by atoms with Gasteiger partial charge in [0.2, 0.25) is 0 Å². The number of amides is 1. The van der Waals surface area contributed by atoms with E-state index in [-0.39, 0.29) is 19.1 Å². The molecule has 0 N–H and O–H groups in total. The van der Waals surface area contributed by atoms with Crippen molar-refractivity contribution in [3.63, 3.8) is 0 Å². The van der Waals surface area contributed by atoms with Crippen molar-refractivity contribution in [1.29, 1.82) is 0 Å². The Morgan fingerprint density at radius 2 is 2.24 bits per heavy atom. The van der Waals surface area contributed by atoms with Crippen molar-refractivity contribution in [1.82, 2.24) is 14.7 Å². The summed E-state index contributed by atoms with van der Waals surface area (Å²) in [6.45, 7) is 2.61. The molecule has 1 aromatic heterocycles. The largest absolute Gasteiger partial charge is 0.454 e. The fraction of sp³-hybridized carbons (Fsp3) is 0.667. The van der Waals surface area contributed by atoms with Crippen LogP contribution in [0.5, 0.6) is 0 Å². The highest BCUT2D eigenvalue weighted by Crippen LogP contribution is 2.38. The molecule has 2 rings (SSSR count). The van der Waals surface area contributed by atoms with Gasteiger partial charge in [-0.15, -0.1) is 0 Å². The number of nitrogens with zero attached hydrogens (tertiary/aromatic N) is 3. The Morgan fingerprint density at radius 3 is 2.90 bits per heavy atom. The fourth-order valence-corrected chi connectivity index (χ4v) is 2.01. The second kappa shape index (κ2) is 7.24. The van der Waals surface area contributed by atoms with E-state index in [2.05, 4.69) is 12.0 Å². The third kappa shape index (κ3) is 4.88. The lowest BCUT2D eigenvalue weighted by atomic mass is 10.3. The first-order valence-electron chi connectivity index (χ1n) is 7.53.